The van der Waals surface area contributed by atoms with E-state index in [2.05, 4.69) is 0 Å². The molecule has 1 aromatic heterocycles. The number of furan rings is 1. The number of nitriles is 1. The molecule has 3 heterocycles. The van der Waals surface area contributed by atoms with Crippen molar-refractivity contribution in [3.63, 3.8) is 0 Å². The number of nitrogens with zero attached hydrogens (tertiary/aromatic N) is 2. The molecular formula is C23H19FN2O4. The minimum absolute atomic E-state index is 0.0656. The third-order valence-electron chi connectivity index (χ3n) is 5.28. The molecule has 4 rings (SSSR count). The second kappa shape index (κ2) is 8.09. The molecule has 2 amide bonds. The lowest BCUT2D eigenvalue weighted by Crippen LogP contribution is -2.46. The fourth-order valence-corrected chi connectivity index (χ4v) is 3.63. The molecule has 6 nitrogen and oxygen atoms in total. The average Bonchev–Trinajstić information content (AvgIpc) is 3.42. The summed E-state index contributed by atoms with van der Waals surface area (Å²) in [5.41, 5.74) is 1.17. The lowest BCUT2D eigenvalue weighted by atomic mass is 9.94. The first-order chi connectivity index (χ1) is 14.5. The summed E-state index contributed by atoms with van der Waals surface area (Å²) < 4.78 is 24.5. The van der Waals surface area contributed by atoms with Crippen LogP contribution in [-0.2, 0) is 14.3 Å². The standard InChI is InChI=1S/C23H19FN2O4/c1-14-19(11-17-8-9-21(30-17)15-4-6-16(24)7-5-15)22(27)26(23(28)20(14)12-25)13-18-3-2-10-29-18/h4-9,11,18H,2-3,10,13H2,1H3/b19-11+. The molecule has 2 aromatic rings. The van der Waals surface area contributed by atoms with Crippen molar-refractivity contribution in [1.82, 2.24) is 4.90 Å². The summed E-state index contributed by atoms with van der Waals surface area (Å²) in [6.07, 6.45) is 2.95. The van der Waals surface area contributed by atoms with Crippen molar-refractivity contribution < 1.29 is 23.1 Å². The maximum atomic E-state index is 13.1. The Balaban J connectivity index is 1.67. The van der Waals surface area contributed by atoms with Gasteiger partial charge in [0.05, 0.1) is 12.6 Å². The molecule has 30 heavy (non-hydrogen) atoms. The largest absolute Gasteiger partial charge is 0.457 e. The number of amides is 2. The monoisotopic (exact) mass is 406 g/mol. The summed E-state index contributed by atoms with van der Waals surface area (Å²) >= 11 is 0. The number of halogens is 1. The zero-order valence-electron chi connectivity index (χ0n) is 16.4. The maximum absolute atomic E-state index is 13.1. The quantitative estimate of drug-likeness (QED) is 0.569. The van der Waals surface area contributed by atoms with E-state index in [1.54, 1.807) is 31.2 Å². The Labute approximate surface area is 172 Å². The molecule has 1 saturated heterocycles. The highest BCUT2D eigenvalue weighted by atomic mass is 19.1. The van der Waals surface area contributed by atoms with Crippen molar-refractivity contribution in [3.8, 4) is 17.4 Å². The zero-order valence-corrected chi connectivity index (χ0v) is 16.4. The molecule has 7 heteroatoms. The Morgan fingerprint density at radius 2 is 1.97 bits per heavy atom. The van der Waals surface area contributed by atoms with Gasteiger partial charge in [-0.3, -0.25) is 14.5 Å². The van der Waals surface area contributed by atoms with E-state index >= 15 is 0 Å². The molecule has 0 bridgehead atoms. The molecule has 0 spiro atoms. The molecule has 1 unspecified atom stereocenters. The molecule has 2 aliphatic heterocycles. The van der Waals surface area contributed by atoms with Gasteiger partial charge in [0, 0.05) is 17.7 Å². The highest BCUT2D eigenvalue weighted by Crippen LogP contribution is 2.30. The number of carbonyl (C=O) groups is 2. The van der Waals surface area contributed by atoms with Crippen molar-refractivity contribution in [3.05, 3.63) is 64.7 Å². The summed E-state index contributed by atoms with van der Waals surface area (Å²) in [5, 5.41) is 9.48. The molecule has 1 fully saturated rings. The highest BCUT2D eigenvalue weighted by molar-refractivity contribution is 6.19. The maximum Gasteiger partial charge on any atom is 0.271 e. The predicted molar refractivity (Wildman–Crippen MR) is 106 cm³/mol. The summed E-state index contributed by atoms with van der Waals surface area (Å²) in [6.45, 7) is 2.29. The first kappa shape index (κ1) is 19.8. The van der Waals surface area contributed by atoms with Gasteiger partial charge in [0.25, 0.3) is 11.8 Å². The van der Waals surface area contributed by atoms with E-state index in [1.165, 1.54) is 18.2 Å². The van der Waals surface area contributed by atoms with Crippen molar-refractivity contribution >= 4 is 17.9 Å². The summed E-state index contributed by atoms with van der Waals surface area (Å²) in [7, 11) is 0. The van der Waals surface area contributed by atoms with Gasteiger partial charge in [-0.05, 0) is 67.8 Å². The van der Waals surface area contributed by atoms with Crippen LogP contribution in [0.4, 0.5) is 4.39 Å². The SMILES string of the molecule is CC1=C(C#N)C(=O)N(CC2CCCO2)C(=O)/C1=C/c1ccc(-c2ccc(F)cc2)o1. The van der Waals surface area contributed by atoms with Gasteiger partial charge in [-0.2, -0.15) is 5.26 Å². The van der Waals surface area contributed by atoms with Gasteiger partial charge in [0.1, 0.15) is 29.0 Å². The second-order valence-electron chi connectivity index (χ2n) is 7.23. The van der Waals surface area contributed by atoms with Crippen LogP contribution in [0.1, 0.15) is 25.5 Å². The molecule has 1 aromatic carbocycles. The normalized spacial score (nSPS) is 20.9. The van der Waals surface area contributed by atoms with Crippen molar-refractivity contribution in [2.24, 2.45) is 0 Å². The van der Waals surface area contributed by atoms with E-state index < -0.39 is 11.8 Å². The molecule has 0 saturated carbocycles. The lowest BCUT2D eigenvalue weighted by molar-refractivity contribution is -0.142. The molecule has 1 atom stereocenters. The average molecular weight is 406 g/mol. The molecule has 0 N–H and O–H groups in total. The third kappa shape index (κ3) is 3.70. The number of ether oxygens (including phenoxy) is 1. The fourth-order valence-electron chi connectivity index (χ4n) is 3.63. The lowest BCUT2D eigenvalue weighted by Gasteiger charge is -2.29. The summed E-state index contributed by atoms with van der Waals surface area (Å²) in [4.78, 5) is 26.8. The minimum Gasteiger partial charge on any atom is -0.457 e. The van der Waals surface area contributed by atoms with Crippen LogP contribution in [0, 0.1) is 17.1 Å². The van der Waals surface area contributed by atoms with Crippen LogP contribution < -0.4 is 0 Å². The molecule has 0 aliphatic carbocycles. The number of hydrogen-bond donors (Lipinski definition) is 0. The number of rotatable bonds is 4. The Hall–Kier alpha value is -3.50. The van der Waals surface area contributed by atoms with Crippen LogP contribution in [0.25, 0.3) is 17.4 Å². The molecule has 152 valence electrons. The third-order valence-corrected chi connectivity index (χ3v) is 5.28. The fraction of sp³-hybridized carbons (Fsp3) is 0.261. The van der Waals surface area contributed by atoms with Crippen LogP contribution in [0.2, 0.25) is 0 Å². The predicted octanol–water partition coefficient (Wildman–Crippen LogP) is 3.86. The van der Waals surface area contributed by atoms with Crippen LogP contribution in [-0.4, -0.2) is 36.0 Å². The van der Waals surface area contributed by atoms with E-state index in [9.17, 15) is 19.2 Å². The number of hydrogen-bond acceptors (Lipinski definition) is 5. The molecule has 2 aliphatic rings. The zero-order chi connectivity index (χ0) is 21.3. The van der Waals surface area contributed by atoms with Gasteiger partial charge in [-0.25, -0.2) is 4.39 Å². The van der Waals surface area contributed by atoms with Gasteiger partial charge in [-0.1, -0.05) is 0 Å². The van der Waals surface area contributed by atoms with Crippen LogP contribution in [0.5, 0.6) is 0 Å². The van der Waals surface area contributed by atoms with Crippen molar-refractivity contribution in [2.75, 3.05) is 13.2 Å². The number of carbonyl (C=O) groups excluding carboxylic acids is 2. The van der Waals surface area contributed by atoms with E-state index in [4.69, 9.17) is 9.15 Å². The first-order valence-corrected chi connectivity index (χ1v) is 9.64. The Kier molecular flexibility index (Phi) is 5.34. The Morgan fingerprint density at radius 1 is 1.20 bits per heavy atom. The van der Waals surface area contributed by atoms with E-state index in [-0.39, 0.29) is 29.6 Å². The smallest absolute Gasteiger partial charge is 0.271 e. The van der Waals surface area contributed by atoms with Crippen LogP contribution >= 0.6 is 0 Å². The Bertz CT molecular complexity index is 1100. The van der Waals surface area contributed by atoms with Crippen molar-refractivity contribution in [2.45, 2.75) is 25.9 Å². The molecule has 0 radical (unpaired) electrons. The second-order valence-corrected chi connectivity index (χ2v) is 7.23. The van der Waals surface area contributed by atoms with Crippen LogP contribution in [0.15, 0.2) is 57.5 Å². The van der Waals surface area contributed by atoms with Gasteiger partial charge >= 0.3 is 0 Å². The molecular weight excluding hydrogens is 387 g/mol. The van der Waals surface area contributed by atoms with Crippen molar-refractivity contribution in [1.29, 1.82) is 5.26 Å². The number of imide groups is 1. The highest BCUT2D eigenvalue weighted by Gasteiger charge is 2.37. The summed E-state index contributed by atoms with van der Waals surface area (Å²) in [6, 6.07) is 11.2. The first-order valence-electron chi connectivity index (χ1n) is 9.64. The Morgan fingerprint density at radius 3 is 2.63 bits per heavy atom. The van der Waals surface area contributed by atoms with E-state index in [0.29, 0.717) is 29.3 Å². The van der Waals surface area contributed by atoms with Gasteiger partial charge < -0.3 is 9.15 Å². The van der Waals surface area contributed by atoms with Gasteiger partial charge in [0.15, 0.2) is 0 Å². The number of benzene rings is 1. The van der Waals surface area contributed by atoms with Crippen LogP contribution in [0.3, 0.4) is 0 Å². The van der Waals surface area contributed by atoms with Gasteiger partial charge in [-0.15, -0.1) is 0 Å². The van der Waals surface area contributed by atoms with Gasteiger partial charge in [0.2, 0.25) is 0 Å². The van der Waals surface area contributed by atoms with E-state index in [0.717, 1.165) is 17.7 Å². The minimum atomic E-state index is -0.598. The van der Waals surface area contributed by atoms with E-state index in [1.807, 2.05) is 6.07 Å². The topological polar surface area (TPSA) is 83.5 Å². The summed E-state index contributed by atoms with van der Waals surface area (Å²) in [5.74, 6) is -0.521.